The fourth-order valence-corrected chi connectivity index (χ4v) is 0.413. The van der Waals surface area contributed by atoms with Gasteiger partial charge in [-0.1, -0.05) is 20.3 Å². The molecule has 0 rings (SSSR count). The van der Waals surface area contributed by atoms with Crippen molar-refractivity contribution in [2.75, 3.05) is 19.8 Å². The van der Waals surface area contributed by atoms with E-state index in [0.717, 1.165) is 25.9 Å². The Bertz CT molecular complexity index is 68.6. The van der Waals surface area contributed by atoms with Crippen molar-refractivity contribution < 1.29 is 14.9 Å². The zero-order valence-electron chi connectivity index (χ0n) is 9.12. The van der Waals surface area contributed by atoms with Crippen LogP contribution in [0.25, 0.3) is 0 Å². The van der Waals surface area contributed by atoms with E-state index in [-0.39, 0.29) is 12.7 Å². The van der Waals surface area contributed by atoms with Gasteiger partial charge in [0.05, 0.1) is 19.3 Å². The summed E-state index contributed by atoms with van der Waals surface area (Å²) in [5.74, 6) is 0. The van der Waals surface area contributed by atoms with Gasteiger partial charge in [0.1, 0.15) is 0 Å². The van der Waals surface area contributed by atoms with Crippen molar-refractivity contribution in [2.45, 2.75) is 46.1 Å². The maximum atomic E-state index is 8.36. The lowest BCUT2D eigenvalue weighted by molar-refractivity contribution is 0.0904. The van der Waals surface area contributed by atoms with E-state index in [1.807, 2.05) is 6.92 Å². The van der Waals surface area contributed by atoms with Gasteiger partial charge in [0.15, 0.2) is 0 Å². The van der Waals surface area contributed by atoms with Crippen LogP contribution in [-0.4, -0.2) is 36.1 Å². The average Bonchev–Trinajstić information content (AvgIpc) is 2.14. The third-order valence-corrected chi connectivity index (χ3v) is 1.47. The lowest BCUT2D eigenvalue weighted by Crippen LogP contribution is -1.99. The fourth-order valence-electron chi connectivity index (χ4n) is 0.413. The van der Waals surface area contributed by atoms with Gasteiger partial charge in [0, 0.05) is 6.61 Å². The van der Waals surface area contributed by atoms with Gasteiger partial charge in [-0.25, -0.2) is 0 Å². The minimum absolute atomic E-state index is 0.116. The second-order valence-electron chi connectivity index (χ2n) is 2.95. The normalized spacial score (nSPS) is 11.8. The Hall–Kier alpha value is -0.120. The van der Waals surface area contributed by atoms with Crippen molar-refractivity contribution >= 4 is 0 Å². The van der Waals surface area contributed by atoms with Crippen LogP contribution in [0.4, 0.5) is 0 Å². The molecule has 2 N–H and O–H groups in total. The zero-order valence-corrected chi connectivity index (χ0v) is 9.12. The van der Waals surface area contributed by atoms with Gasteiger partial charge in [-0.15, -0.1) is 0 Å². The lowest BCUT2D eigenvalue weighted by Gasteiger charge is -1.97. The smallest absolute Gasteiger partial charge is 0.0697 e. The average molecular weight is 192 g/mol. The molecule has 3 nitrogen and oxygen atoms in total. The Labute approximate surface area is 81.7 Å². The van der Waals surface area contributed by atoms with Gasteiger partial charge in [0.2, 0.25) is 0 Å². The maximum Gasteiger partial charge on any atom is 0.0697 e. The number of unbranched alkanes of at least 4 members (excludes halogenated alkanes) is 1. The van der Waals surface area contributed by atoms with Gasteiger partial charge in [-0.05, 0) is 19.8 Å². The first kappa shape index (κ1) is 15.4. The van der Waals surface area contributed by atoms with Crippen LogP contribution in [0.2, 0.25) is 0 Å². The monoisotopic (exact) mass is 192 g/mol. The van der Waals surface area contributed by atoms with Crippen molar-refractivity contribution in [2.24, 2.45) is 0 Å². The minimum Gasteiger partial charge on any atom is -0.394 e. The molecule has 0 aliphatic rings. The minimum atomic E-state index is -0.116. The number of aliphatic hydroxyl groups excluding tert-OH is 2. The largest absolute Gasteiger partial charge is 0.394 e. The highest BCUT2D eigenvalue weighted by Gasteiger charge is 1.82. The molecule has 3 heteroatoms. The predicted molar refractivity (Wildman–Crippen MR) is 54.8 cm³/mol. The van der Waals surface area contributed by atoms with Gasteiger partial charge in [0.25, 0.3) is 0 Å². The third-order valence-electron chi connectivity index (χ3n) is 1.47. The first-order chi connectivity index (χ1) is 6.18. The summed E-state index contributed by atoms with van der Waals surface area (Å²) in [5, 5.41) is 16.6. The number of ether oxygens (including phenoxy) is 1. The predicted octanol–water partition coefficient (Wildman–Crippen LogP) is 1.57. The van der Waals surface area contributed by atoms with E-state index in [4.69, 9.17) is 14.9 Å². The van der Waals surface area contributed by atoms with Crippen LogP contribution in [0.3, 0.4) is 0 Å². The quantitative estimate of drug-likeness (QED) is 0.628. The highest BCUT2D eigenvalue weighted by atomic mass is 16.5. The zero-order chi connectivity index (χ0) is 10.5. The SMILES string of the molecule is CCC(C)O.CCCCOCCO. The van der Waals surface area contributed by atoms with E-state index in [2.05, 4.69) is 6.92 Å². The Kier molecular flexibility index (Phi) is 17.0. The topological polar surface area (TPSA) is 49.7 Å². The van der Waals surface area contributed by atoms with Crippen LogP contribution in [0.1, 0.15) is 40.0 Å². The molecule has 0 aliphatic heterocycles. The first-order valence-electron chi connectivity index (χ1n) is 5.05. The molecule has 0 amide bonds. The Morgan fingerprint density at radius 3 is 2.08 bits per heavy atom. The molecule has 0 bridgehead atoms. The molecule has 1 unspecified atom stereocenters. The van der Waals surface area contributed by atoms with E-state index in [1.54, 1.807) is 6.92 Å². The first-order valence-corrected chi connectivity index (χ1v) is 5.05. The Morgan fingerprint density at radius 1 is 1.23 bits per heavy atom. The molecule has 0 heterocycles. The van der Waals surface area contributed by atoms with E-state index < -0.39 is 0 Å². The van der Waals surface area contributed by atoms with Crippen molar-refractivity contribution in [1.29, 1.82) is 0 Å². The Balaban J connectivity index is 0. The molecule has 0 aromatic heterocycles. The van der Waals surface area contributed by atoms with Crippen molar-refractivity contribution in [3.8, 4) is 0 Å². The van der Waals surface area contributed by atoms with Crippen LogP contribution in [0.15, 0.2) is 0 Å². The van der Waals surface area contributed by atoms with E-state index in [0.29, 0.717) is 6.61 Å². The number of aliphatic hydroxyl groups is 2. The van der Waals surface area contributed by atoms with Gasteiger partial charge in [-0.3, -0.25) is 0 Å². The molecular formula is C10H24O3. The van der Waals surface area contributed by atoms with Crippen molar-refractivity contribution in [3.05, 3.63) is 0 Å². The number of hydrogen-bond acceptors (Lipinski definition) is 3. The molecule has 0 radical (unpaired) electrons. The summed E-state index contributed by atoms with van der Waals surface area (Å²) in [4.78, 5) is 0. The van der Waals surface area contributed by atoms with Crippen LogP contribution in [0, 0.1) is 0 Å². The summed E-state index contributed by atoms with van der Waals surface area (Å²) >= 11 is 0. The summed E-state index contributed by atoms with van der Waals surface area (Å²) in [6.45, 7) is 7.26. The molecule has 0 saturated heterocycles. The third kappa shape index (κ3) is 24.5. The number of hydrogen-bond donors (Lipinski definition) is 2. The molecular weight excluding hydrogens is 168 g/mol. The Morgan fingerprint density at radius 2 is 1.77 bits per heavy atom. The van der Waals surface area contributed by atoms with Crippen LogP contribution in [0.5, 0.6) is 0 Å². The summed E-state index contributed by atoms with van der Waals surface area (Å²) in [6, 6.07) is 0. The van der Waals surface area contributed by atoms with Crippen LogP contribution < -0.4 is 0 Å². The van der Waals surface area contributed by atoms with Gasteiger partial charge >= 0.3 is 0 Å². The van der Waals surface area contributed by atoms with Gasteiger partial charge < -0.3 is 14.9 Å². The van der Waals surface area contributed by atoms with Crippen molar-refractivity contribution in [3.63, 3.8) is 0 Å². The molecule has 0 aliphatic carbocycles. The highest BCUT2D eigenvalue weighted by molar-refractivity contribution is 4.34. The van der Waals surface area contributed by atoms with Gasteiger partial charge in [-0.2, -0.15) is 0 Å². The molecule has 0 saturated carbocycles. The van der Waals surface area contributed by atoms with E-state index in [1.165, 1.54) is 0 Å². The van der Waals surface area contributed by atoms with Crippen LogP contribution in [-0.2, 0) is 4.74 Å². The standard InChI is InChI=1S/C6H14O2.C4H10O/c1-2-3-5-8-6-4-7;1-3-4(2)5/h7H,2-6H2,1H3;4-5H,3H2,1-2H3. The molecule has 0 spiro atoms. The lowest BCUT2D eigenvalue weighted by atomic mass is 10.3. The second-order valence-corrected chi connectivity index (χ2v) is 2.95. The second kappa shape index (κ2) is 14.4. The van der Waals surface area contributed by atoms with E-state index >= 15 is 0 Å². The molecule has 82 valence electrons. The highest BCUT2D eigenvalue weighted by Crippen LogP contribution is 1.85. The van der Waals surface area contributed by atoms with E-state index in [9.17, 15) is 0 Å². The maximum absolute atomic E-state index is 8.36. The van der Waals surface area contributed by atoms with Crippen molar-refractivity contribution in [1.82, 2.24) is 0 Å². The molecule has 0 fully saturated rings. The molecule has 1 atom stereocenters. The molecule has 0 aromatic carbocycles. The summed E-state index contributed by atoms with van der Waals surface area (Å²) in [5.41, 5.74) is 0. The van der Waals surface area contributed by atoms with Crippen LogP contribution >= 0.6 is 0 Å². The fraction of sp³-hybridized carbons (Fsp3) is 1.00. The summed E-state index contributed by atoms with van der Waals surface area (Å²) in [7, 11) is 0. The summed E-state index contributed by atoms with van der Waals surface area (Å²) < 4.78 is 4.97. The summed E-state index contributed by atoms with van der Waals surface area (Å²) in [6.07, 6.45) is 3.00. The molecule has 13 heavy (non-hydrogen) atoms. The number of rotatable bonds is 6. The molecule has 0 aromatic rings.